The van der Waals surface area contributed by atoms with Gasteiger partial charge in [0.05, 0.1) is 40.3 Å². The van der Waals surface area contributed by atoms with Crippen LogP contribution < -0.4 is 0 Å². The molecule has 0 aliphatic carbocycles. The van der Waals surface area contributed by atoms with E-state index in [1.807, 2.05) is 0 Å². The molecule has 2 heterocycles. The molecule has 0 saturated carbocycles. The predicted molar refractivity (Wildman–Crippen MR) is 117 cm³/mol. The van der Waals surface area contributed by atoms with Gasteiger partial charge in [-0.15, -0.1) is 0 Å². The number of hydrogen-bond donors (Lipinski definition) is 0. The molecule has 2 amide bonds. The molecular formula is C23H24N2O7S. The van der Waals surface area contributed by atoms with Crippen LogP contribution in [0.5, 0.6) is 0 Å². The smallest absolute Gasteiger partial charge is 0.338 e. The first-order valence-corrected chi connectivity index (χ1v) is 12.0. The van der Waals surface area contributed by atoms with E-state index in [2.05, 4.69) is 0 Å². The molecule has 174 valence electrons. The minimum Gasteiger partial charge on any atom is -0.460 e. The molecule has 0 bridgehead atoms. The maximum absolute atomic E-state index is 13.1. The van der Waals surface area contributed by atoms with Gasteiger partial charge in [-0.2, -0.15) is 4.31 Å². The number of rotatable bonds is 6. The summed E-state index contributed by atoms with van der Waals surface area (Å²) < 4.78 is 38.3. The van der Waals surface area contributed by atoms with Crippen molar-refractivity contribution in [1.82, 2.24) is 9.21 Å². The van der Waals surface area contributed by atoms with Gasteiger partial charge in [0.1, 0.15) is 6.61 Å². The Bertz CT molecular complexity index is 1170. The Morgan fingerprint density at radius 2 is 1.61 bits per heavy atom. The van der Waals surface area contributed by atoms with Gasteiger partial charge < -0.3 is 9.47 Å². The van der Waals surface area contributed by atoms with Gasteiger partial charge in [0, 0.05) is 13.1 Å². The van der Waals surface area contributed by atoms with E-state index in [1.54, 1.807) is 38.1 Å². The van der Waals surface area contributed by atoms with Crippen LogP contribution in [0.1, 0.15) is 44.9 Å². The molecule has 9 nitrogen and oxygen atoms in total. The van der Waals surface area contributed by atoms with E-state index < -0.39 is 27.8 Å². The third-order valence-corrected chi connectivity index (χ3v) is 7.35. The Hall–Kier alpha value is -3.08. The van der Waals surface area contributed by atoms with E-state index in [9.17, 15) is 22.8 Å². The summed E-state index contributed by atoms with van der Waals surface area (Å²) in [6.07, 6.45) is -0.474. The third kappa shape index (κ3) is 4.54. The highest BCUT2D eigenvalue weighted by molar-refractivity contribution is 7.89. The number of ether oxygens (including phenoxy) is 2. The summed E-state index contributed by atoms with van der Waals surface area (Å²) in [5, 5.41) is 0. The zero-order chi connectivity index (χ0) is 23.8. The number of hydrogen-bond acceptors (Lipinski definition) is 7. The fourth-order valence-corrected chi connectivity index (χ4v) is 5.65. The second-order valence-corrected chi connectivity index (χ2v) is 9.99. The van der Waals surface area contributed by atoms with Gasteiger partial charge in [-0.25, -0.2) is 13.2 Å². The van der Waals surface area contributed by atoms with Crippen molar-refractivity contribution < 1.29 is 32.3 Å². The molecular weight excluding hydrogens is 448 g/mol. The normalized spacial score (nSPS) is 21.2. The molecule has 1 fully saturated rings. The van der Waals surface area contributed by atoms with E-state index in [-0.39, 0.29) is 48.9 Å². The molecule has 0 spiro atoms. The number of imide groups is 1. The second-order valence-electron chi connectivity index (χ2n) is 8.05. The number of carbonyl (C=O) groups excluding carboxylic acids is 3. The van der Waals surface area contributed by atoms with E-state index in [4.69, 9.17) is 9.47 Å². The van der Waals surface area contributed by atoms with Gasteiger partial charge in [-0.05, 0) is 44.2 Å². The fraction of sp³-hybridized carbons (Fsp3) is 0.348. The first-order chi connectivity index (χ1) is 15.7. The predicted octanol–water partition coefficient (Wildman–Crippen LogP) is 1.94. The van der Waals surface area contributed by atoms with Crippen molar-refractivity contribution >= 4 is 27.8 Å². The molecule has 0 aromatic heterocycles. The minimum absolute atomic E-state index is 0.0152. The number of nitrogens with zero attached hydrogens (tertiary/aromatic N) is 2. The number of carbonyl (C=O) groups is 3. The van der Waals surface area contributed by atoms with Crippen LogP contribution in [0.15, 0.2) is 53.4 Å². The van der Waals surface area contributed by atoms with Crippen LogP contribution >= 0.6 is 0 Å². The molecule has 1 saturated heterocycles. The highest BCUT2D eigenvalue weighted by atomic mass is 32.2. The van der Waals surface area contributed by atoms with Crippen LogP contribution in [0.2, 0.25) is 0 Å². The van der Waals surface area contributed by atoms with Crippen molar-refractivity contribution in [3.05, 3.63) is 65.2 Å². The van der Waals surface area contributed by atoms with Crippen LogP contribution in [-0.4, -0.2) is 73.9 Å². The molecule has 0 radical (unpaired) electrons. The number of benzene rings is 2. The van der Waals surface area contributed by atoms with E-state index >= 15 is 0 Å². The molecule has 2 aliphatic rings. The van der Waals surface area contributed by atoms with Crippen molar-refractivity contribution in [2.24, 2.45) is 0 Å². The molecule has 10 heteroatoms. The summed E-state index contributed by atoms with van der Waals surface area (Å²) in [7, 11) is -3.81. The van der Waals surface area contributed by atoms with Crippen molar-refractivity contribution in [2.45, 2.75) is 31.0 Å². The average Bonchev–Trinajstić information content (AvgIpc) is 3.03. The first-order valence-electron chi connectivity index (χ1n) is 10.6. The van der Waals surface area contributed by atoms with Crippen molar-refractivity contribution in [1.29, 1.82) is 0 Å². The van der Waals surface area contributed by atoms with Gasteiger partial charge >= 0.3 is 5.97 Å². The zero-order valence-corrected chi connectivity index (χ0v) is 19.1. The monoisotopic (exact) mass is 472 g/mol. The summed E-state index contributed by atoms with van der Waals surface area (Å²) >= 11 is 0. The Morgan fingerprint density at radius 3 is 2.21 bits per heavy atom. The third-order valence-electron chi connectivity index (χ3n) is 5.52. The lowest BCUT2D eigenvalue weighted by molar-refractivity contribution is -0.0440. The van der Waals surface area contributed by atoms with Crippen LogP contribution in [-0.2, 0) is 19.5 Å². The highest BCUT2D eigenvalue weighted by Gasteiger charge is 2.35. The highest BCUT2D eigenvalue weighted by Crippen LogP contribution is 2.23. The molecule has 4 rings (SSSR count). The van der Waals surface area contributed by atoms with Crippen molar-refractivity contribution in [3.63, 3.8) is 0 Å². The molecule has 2 aromatic carbocycles. The lowest BCUT2D eigenvalue weighted by Crippen LogP contribution is -2.48. The van der Waals surface area contributed by atoms with Gasteiger partial charge in [0.2, 0.25) is 10.0 Å². The van der Waals surface area contributed by atoms with Crippen molar-refractivity contribution in [2.75, 3.05) is 26.2 Å². The average molecular weight is 473 g/mol. The van der Waals surface area contributed by atoms with Crippen LogP contribution in [0, 0.1) is 0 Å². The van der Waals surface area contributed by atoms with Crippen LogP contribution in [0.4, 0.5) is 0 Å². The van der Waals surface area contributed by atoms with Gasteiger partial charge in [-0.1, -0.05) is 18.2 Å². The summed E-state index contributed by atoms with van der Waals surface area (Å²) in [6.45, 7) is 3.75. The fourth-order valence-electron chi connectivity index (χ4n) is 4.01. The lowest BCUT2D eigenvalue weighted by Gasteiger charge is -2.34. The molecule has 2 atom stereocenters. The standard InChI is InChI=1S/C23H24N2O7S/c1-15-13-24(14-16(2)32-15)33(29,30)18-7-5-6-17(12-18)23(28)31-11-10-25-21(26)19-8-3-4-9-20(19)22(25)27/h3-9,12,15-16H,10-11,13-14H2,1-2H3/t15-,16-/m0/s1. The minimum atomic E-state index is -3.81. The van der Waals surface area contributed by atoms with Gasteiger partial charge in [0.25, 0.3) is 11.8 Å². The largest absolute Gasteiger partial charge is 0.460 e. The van der Waals surface area contributed by atoms with Crippen LogP contribution in [0.3, 0.4) is 0 Å². The quantitative estimate of drug-likeness (QED) is 0.467. The number of sulfonamides is 1. The molecule has 2 aromatic rings. The van der Waals surface area contributed by atoms with E-state index in [0.29, 0.717) is 11.1 Å². The Labute approximate surface area is 191 Å². The number of fused-ring (bicyclic) bond motifs is 1. The Morgan fingerprint density at radius 1 is 1.00 bits per heavy atom. The van der Waals surface area contributed by atoms with Gasteiger partial charge in [-0.3, -0.25) is 14.5 Å². The van der Waals surface area contributed by atoms with Crippen molar-refractivity contribution in [3.8, 4) is 0 Å². The summed E-state index contributed by atoms with van der Waals surface area (Å²) in [4.78, 5) is 38.3. The molecule has 0 N–H and O–H groups in total. The number of morpholine rings is 1. The second kappa shape index (κ2) is 9.05. The number of esters is 1. The van der Waals surface area contributed by atoms with Gasteiger partial charge in [0.15, 0.2) is 0 Å². The summed E-state index contributed by atoms with van der Waals surface area (Å²) in [6, 6.07) is 12.1. The molecule has 2 aliphatic heterocycles. The SMILES string of the molecule is C[C@H]1CN(S(=O)(=O)c2cccc(C(=O)OCCN3C(=O)c4ccccc4C3=O)c2)C[C@H](C)O1. The van der Waals surface area contributed by atoms with E-state index in [1.165, 1.54) is 28.6 Å². The summed E-state index contributed by atoms with van der Waals surface area (Å²) in [5.74, 6) is -1.62. The topological polar surface area (TPSA) is 110 Å². The molecule has 33 heavy (non-hydrogen) atoms. The van der Waals surface area contributed by atoms with E-state index in [0.717, 1.165) is 4.90 Å². The zero-order valence-electron chi connectivity index (χ0n) is 18.3. The Balaban J connectivity index is 1.40. The lowest BCUT2D eigenvalue weighted by atomic mass is 10.1. The molecule has 0 unspecified atom stereocenters. The maximum atomic E-state index is 13.1. The number of amides is 2. The maximum Gasteiger partial charge on any atom is 0.338 e. The van der Waals surface area contributed by atoms with Crippen LogP contribution in [0.25, 0.3) is 0 Å². The first kappa shape index (κ1) is 23.1. The summed E-state index contributed by atoms with van der Waals surface area (Å²) in [5.41, 5.74) is 0.699. The Kier molecular flexibility index (Phi) is 6.33.